The highest BCUT2D eigenvalue weighted by Gasteiger charge is 2.31. The van der Waals surface area contributed by atoms with Crippen LogP contribution in [0, 0.1) is 6.92 Å². The Morgan fingerprint density at radius 1 is 0.758 bits per heavy atom. The van der Waals surface area contributed by atoms with Gasteiger partial charge in [-0.3, -0.25) is 4.79 Å². The predicted octanol–water partition coefficient (Wildman–Crippen LogP) is 6.59. The van der Waals surface area contributed by atoms with Gasteiger partial charge in [0, 0.05) is 6.42 Å². The Kier molecular flexibility index (Phi) is 14.5. The lowest BCUT2D eigenvalue weighted by Crippen LogP contribution is -2.21. The zero-order chi connectivity index (χ0) is 24.6. The highest BCUT2D eigenvalue weighted by molar-refractivity contribution is 8.09. The molecule has 0 bridgehead atoms. The van der Waals surface area contributed by atoms with Gasteiger partial charge in [0.25, 0.3) is 5.12 Å². The minimum absolute atomic E-state index is 0.246. The Labute approximate surface area is 201 Å². The van der Waals surface area contributed by atoms with Crippen molar-refractivity contribution in [1.29, 1.82) is 0 Å². The molecule has 6 nitrogen and oxygen atoms in total. The van der Waals surface area contributed by atoms with Crippen molar-refractivity contribution in [3.63, 3.8) is 0 Å². The fourth-order valence-corrected chi connectivity index (χ4v) is 5.79. The average Bonchev–Trinajstić information content (AvgIpc) is 2.75. The lowest BCUT2D eigenvalue weighted by molar-refractivity contribution is -0.112. The molecular formula is C25H40O6S2. The van der Waals surface area contributed by atoms with Crippen LogP contribution in [0.4, 0.5) is 0 Å². The molecule has 1 aromatic carbocycles. The molecule has 0 aliphatic heterocycles. The van der Waals surface area contributed by atoms with Crippen LogP contribution < -0.4 is 0 Å². The first-order valence-corrected chi connectivity index (χ1v) is 15.0. The van der Waals surface area contributed by atoms with Crippen LogP contribution in [-0.4, -0.2) is 22.0 Å². The molecule has 0 aromatic heterocycles. The molecule has 0 aliphatic rings. The molecule has 0 unspecified atom stereocenters. The number of hydrogen-bond acceptors (Lipinski definition) is 6. The number of carbonyl (C=O) groups is 1. The Balaban J connectivity index is 2.16. The van der Waals surface area contributed by atoms with Gasteiger partial charge < -0.3 is 0 Å². The normalized spacial score (nSPS) is 12.4. The van der Waals surface area contributed by atoms with E-state index in [4.69, 9.17) is 0 Å². The van der Waals surface area contributed by atoms with Gasteiger partial charge in [0.05, 0.1) is 4.90 Å². The lowest BCUT2D eigenvalue weighted by atomic mass is 10.1. The second kappa shape index (κ2) is 16.2. The molecule has 8 heteroatoms. The van der Waals surface area contributed by atoms with Crippen molar-refractivity contribution in [3.8, 4) is 0 Å². The van der Waals surface area contributed by atoms with Crippen LogP contribution in [0.2, 0.25) is 0 Å². The first kappa shape index (κ1) is 29.5. The van der Waals surface area contributed by atoms with E-state index >= 15 is 0 Å². The van der Waals surface area contributed by atoms with Gasteiger partial charge >= 0.3 is 20.2 Å². The summed E-state index contributed by atoms with van der Waals surface area (Å²) in [5.41, 5.74) is 0.817. The van der Waals surface area contributed by atoms with Gasteiger partial charge in [-0.05, 0) is 51.2 Å². The zero-order valence-corrected chi connectivity index (χ0v) is 21.8. The van der Waals surface area contributed by atoms with Crippen molar-refractivity contribution >= 4 is 25.4 Å². The quantitative estimate of drug-likeness (QED) is 0.167. The SMILES string of the molecule is CCCCCCCC/C=C\CCCCCCCC(=O)S(=O)(=O)OS(=O)(=O)c1ccc(C)cc1. The minimum Gasteiger partial charge on any atom is -0.279 e. The highest BCUT2D eigenvalue weighted by atomic mass is 32.3. The second-order valence-corrected chi connectivity index (χ2v) is 11.8. The molecule has 0 N–H and O–H groups in total. The minimum atomic E-state index is -4.83. The summed E-state index contributed by atoms with van der Waals surface area (Å²) in [4.78, 5) is 11.7. The molecule has 0 heterocycles. The summed E-state index contributed by atoms with van der Waals surface area (Å²) in [7, 11) is -9.39. The Morgan fingerprint density at radius 3 is 1.79 bits per heavy atom. The van der Waals surface area contributed by atoms with Crippen LogP contribution in [0.25, 0.3) is 0 Å². The van der Waals surface area contributed by atoms with Crippen LogP contribution in [-0.2, 0) is 28.7 Å². The molecule has 33 heavy (non-hydrogen) atoms. The van der Waals surface area contributed by atoms with Crippen LogP contribution in [0.1, 0.15) is 102 Å². The smallest absolute Gasteiger partial charge is 0.279 e. The van der Waals surface area contributed by atoms with Gasteiger partial charge in [0.2, 0.25) is 0 Å². The fourth-order valence-electron chi connectivity index (χ4n) is 3.37. The van der Waals surface area contributed by atoms with Gasteiger partial charge in [-0.2, -0.15) is 16.8 Å². The summed E-state index contributed by atoms with van der Waals surface area (Å²) < 4.78 is 52.5. The van der Waals surface area contributed by atoms with Crippen LogP contribution >= 0.6 is 0 Å². The van der Waals surface area contributed by atoms with Gasteiger partial charge in [0.15, 0.2) is 0 Å². The Hall–Kier alpha value is -1.51. The third-order valence-corrected chi connectivity index (χ3v) is 8.45. The zero-order valence-electron chi connectivity index (χ0n) is 20.1. The van der Waals surface area contributed by atoms with E-state index < -0.39 is 25.4 Å². The van der Waals surface area contributed by atoms with E-state index in [1.165, 1.54) is 62.8 Å². The van der Waals surface area contributed by atoms with E-state index in [-0.39, 0.29) is 11.3 Å². The van der Waals surface area contributed by atoms with Gasteiger partial charge in [-0.1, -0.05) is 88.1 Å². The highest BCUT2D eigenvalue weighted by Crippen LogP contribution is 2.18. The summed E-state index contributed by atoms with van der Waals surface area (Å²) in [6, 6.07) is 5.54. The third-order valence-electron chi connectivity index (χ3n) is 5.41. The molecular weight excluding hydrogens is 460 g/mol. The first-order chi connectivity index (χ1) is 15.7. The molecule has 0 spiro atoms. The first-order valence-electron chi connectivity index (χ1n) is 12.1. The van der Waals surface area contributed by atoms with Crippen LogP contribution in [0.5, 0.6) is 0 Å². The summed E-state index contributed by atoms with van der Waals surface area (Å²) in [5, 5.41) is -1.20. The maximum atomic E-state index is 12.1. The molecule has 0 fully saturated rings. The standard InChI is InChI=1S/C25H40O6S2/c1-3-4-5-6-7-8-9-10-11-12-13-14-15-16-17-18-25(26)33(29,30)31-32(27,28)24-21-19-23(2)20-22-24/h10-11,19-22H,3-9,12-18H2,1-2H3/b11-10-. The Bertz CT molecular complexity index is 916. The number of unbranched alkanes of at least 4 members (excludes halogenated alkanes) is 11. The van der Waals surface area contributed by atoms with Crippen molar-refractivity contribution in [2.75, 3.05) is 0 Å². The van der Waals surface area contributed by atoms with Gasteiger partial charge in [-0.25, -0.2) is 0 Å². The molecule has 188 valence electrons. The van der Waals surface area contributed by atoms with Crippen molar-refractivity contribution in [2.45, 2.75) is 109 Å². The number of rotatable bonds is 18. The lowest BCUT2D eigenvalue weighted by Gasteiger charge is -2.06. The van der Waals surface area contributed by atoms with Gasteiger partial charge in [-0.15, -0.1) is 3.63 Å². The molecule has 0 saturated heterocycles. The average molecular weight is 501 g/mol. The van der Waals surface area contributed by atoms with E-state index in [0.29, 0.717) is 12.8 Å². The van der Waals surface area contributed by atoms with Crippen LogP contribution in [0.3, 0.4) is 0 Å². The third kappa shape index (κ3) is 13.1. The number of aryl methyl sites for hydroxylation is 1. The van der Waals surface area contributed by atoms with E-state index in [2.05, 4.69) is 22.7 Å². The topological polar surface area (TPSA) is 94.6 Å². The summed E-state index contributed by atoms with van der Waals surface area (Å²) in [5.74, 6) is 0. The van der Waals surface area contributed by atoms with Crippen molar-refractivity contribution in [1.82, 2.24) is 0 Å². The van der Waals surface area contributed by atoms with E-state index in [1.807, 2.05) is 0 Å². The maximum absolute atomic E-state index is 12.1. The molecule has 0 saturated carbocycles. The largest absolute Gasteiger partial charge is 0.345 e. The van der Waals surface area contributed by atoms with Crippen molar-refractivity contribution < 1.29 is 25.3 Å². The van der Waals surface area contributed by atoms with Gasteiger partial charge in [0.1, 0.15) is 0 Å². The number of hydrogen-bond donors (Lipinski definition) is 0. The number of carbonyl (C=O) groups excluding carboxylic acids is 1. The second-order valence-electron chi connectivity index (χ2n) is 8.50. The van der Waals surface area contributed by atoms with Crippen molar-refractivity contribution in [3.05, 3.63) is 42.0 Å². The monoisotopic (exact) mass is 500 g/mol. The Morgan fingerprint density at radius 2 is 1.24 bits per heavy atom. The summed E-state index contributed by atoms with van der Waals surface area (Å²) >= 11 is 0. The molecule has 0 radical (unpaired) electrons. The molecule has 1 rings (SSSR count). The molecule has 0 atom stereocenters. The summed E-state index contributed by atoms with van der Waals surface area (Å²) in [6.45, 7) is 4.00. The maximum Gasteiger partial charge on any atom is 0.345 e. The number of allylic oxidation sites excluding steroid dienone is 2. The molecule has 1 aromatic rings. The molecule has 0 amide bonds. The van der Waals surface area contributed by atoms with E-state index in [0.717, 1.165) is 37.7 Å². The summed E-state index contributed by atoms with van der Waals surface area (Å²) in [6.07, 6.45) is 18.4. The van der Waals surface area contributed by atoms with Crippen molar-refractivity contribution in [2.24, 2.45) is 0 Å². The fraction of sp³-hybridized carbons (Fsp3) is 0.640. The van der Waals surface area contributed by atoms with E-state index in [9.17, 15) is 21.6 Å². The predicted molar refractivity (Wildman–Crippen MR) is 133 cm³/mol. The van der Waals surface area contributed by atoms with Crippen LogP contribution in [0.15, 0.2) is 41.3 Å². The number of benzene rings is 1. The van der Waals surface area contributed by atoms with E-state index in [1.54, 1.807) is 6.92 Å². The molecule has 0 aliphatic carbocycles.